The van der Waals surface area contributed by atoms with Crippen LogP contribution < -0.4 is 0 Å². The summed E-state index contributed by atoms with van der Waals surface area (Å²) in [6.45, 7) is 4.13. The third-order valence-electron chi connectivity index (χ3n) is 1.94. The standard InChI is InChI=1S/C9H11N3/c1-3-8-6-7(2)11-12-5-4-10-9(8)12/h4-6H,3H2,1-2H3. The number of hydrogen-bond acceptors (Lipinski definition) is 2. The van der Waals surface area contributed by atoms with Gasteiger partial charge < -0.3 is 0 Å². The first-order valence-electron chi connectivity index (χ1n) is 4.11. The van der Waals surface area contributed by atoms with Gasteiger partial charge >= 0.3 is 0 Å². The predicted molar refractivity (Wildman–Crippen MR) is 47.1 cm³/mol. The molecule has 0 spiro atoms. The summed E-state index contributed by atoms with van der Waals surface area (Å²) < 4.78 is 1.83. The van der Waals surface area contributed by atoms with Gasteiger partial charge in [0.2, 0.25) is 0 Å². The van der Waals surface area contributed by atoms with Crippen molar-refractivity contribution < 1.29 is 0 Å². The monoisotopic (exact) mass is 161 g/mol. The minimum absolute atomic E-state index is 0.975. The third kappa shape index (κ3) is 0.978. The Bertz CT molecular complexity index is 403. The molecule has 0 aliphatic rings. The molecule has 2 heterocycles. The van der Waals surface area contributed by atoms with Crippen LogP contribution in [0.3, 0.4) is 0 Å². The van der Waals surface area contributed by atoms with Crippen LogP contribution in [-0.4, -0.2) is 14.6 Å². The number of aromatic nitrogens is 3. The molecular formula is C9H11N3. The molecule has 2 rings (SSSR count). The highest BCUT2D eigenvalue weighted by Gasteiger charge is 2.01. The maximum Gasteiger partial charge on any atom is 0.156 e. The van der Waals surface area contributed by atoms with E-state index in [9.17, 15) is 0 Å². The first kappa shape index (κ1) is 7.28. The summed E-state index contributed by atoms with van der Waals surface area (Å²) in [4.78, 5) is 4.23. The lowest BCUT2D eigenvalue weighted by Crippen LogP contribution is -1.97. The second-order valence-electron chi connectivity index (χ2n) is 2.86. The van der Waals surface area contributed by atoms with Gasteiger partial charge in [-0.1, -0.05) is 6.92 Å². The predicted octanol–water partition coefficient (Wildman–Crippen LogP) is 1.60. The van der Waals surface area contributed by atoms with E-state index in [1.165, 1.54) is 5.56 Å². The van der Waals surface area contributed by atoms with Crippen molar-refractivity contribution in [2.24, 2.45) is 0 Å². The van der Waals surface area contributed by atoms with E-state index < -0.39 is 0 Å². The van der Waals surface area contributed by atoms with Gasteiger partial charge in [-0.2, -0.15) is 5.10 Å². The molecular weight excluding hydrogens is 150 g/mol. The molecule has 0 amide bonds. The first-order valence-corrected chi connectivity index (χ1v) is 4.11. The van der Waals surface area contributed by atoms with Crippen molar-refractivity contribution in [3.05, 3.63) is 29.7 Å². The largest absolute Gasteiger partial charge is 0.235 e. The van der Waals surface area contributed by atoms with Crippen molar-refractivity contribution in [3.63, 3.8) is 0 Å². The number of aryl methyl sites for hydroxylation is 2. The fraction of sp³-hybridized carbons (Fsp3) is 0.333. The normalized spacial score (nSPS) is 10.8. The maximum absolute atomic E-state index is 4.30. The highest BCUT2D eigenvalue weighted by atomic mass is 15.2. The summed E-state index contributed by atoms with van der Waals surface area (Å²) in [6.07, 6.45) is 4.66. The van der Waals surface area contributed by atoms with Crippen LogP contribution >= 0.6 is 0 Å². The molecule has 62 valence electrons. The Morgan fingerprint density at radius 1 is 1.50 bits per heavy atom. The fourth-order valence-electron chi connectivity index (χ4n) is 1.38. The van der Waals surface area contributed by atoms with Crippen LogP contribution in [0.1, 0.15) is 18.2 Å². The van der Waals surface area contributed by atoms with Gasteiger partial charge in [0, 0.05) is 12.4 Å². The van der Waals surface area contributed by atoms with Gasteiger partial charge in [0.1, 0.15) is 0 Å². The summed E-state index contributed by atoms with van der Waals surface area (Å²) in [7, 11) is 0. The van der Waals surface area contributed by atoms with Gasteiger partial charge in [0.15, 0.2) is 5.65 Å². The Morgan fingerprint density at radius 2 is 2.33 bits per heavy atom. The SMILES string of the molecule is CCc1cc(C)nn2ccnc12. The summed E-state index contributed by atoms with van der Waals surface area (Å²) in [5.74, 6) is 0. The summed E-state index contributed by atoms with van der Waals surface area (Å²) in [6, 6.07) is 2.09. The van der Waals surface area contributed by atoms with Crippen molar-refractivity contribution in [2.45, 2.75) is 20.3 Å². The lowest BCUT2D eigenvalue weighted by Gasteiger charge is -2.00. The molecule has 0 aromatic carbocycles. The molecule has 12 heavy (non-hydrogen) atoms. The van der Waals surface area contributed by atoms with Crippen molar-refractivity contribution in [3.8, 4) is 0 Å². The maximum atomic E-state index is 4.30. The minimum atomic E-state index is 0.975. The van der Waals surface area contributed by atoms with Gasteiger partial charge in [-0.05, 0) is 25.0 Å². The Hall–Kier alpha value is -1.38. The average Bonchev–Trinajstić information content (AvgIpc) is 2.50. The van der Waals surface area contributed by atoms with E-state index in [1.54, 1.807) is 6.20 Å². The van der Waals surface area contributed by atoms with Crippen LogP contribution in [0.5, 0.6) is 0 Å². The van der Waals surface area contributed by atoms with E-state index >= 15 is 0 Å². The molecule has 2 aromatic heterocycles. The quantitative estimate of drug-likeness (QED) is 0.636. The summed E-state index contributed by atoms with van der Waals surface area (Å²) in [5.41, 5.74) is 3.27. The molecule has 0 atom stereocenters. The van der Waals surface area contributed by atoms with Crippen molar-refractivity contribution in [1.82, 2.24) is 14.6 Å². The highest BCUT2D eigenvalue weighted by molar-refractivity contribution is 5.46. The highest BCUT2D eigenvalue weighted by Crippen LogP contribution is 2.09. The fourth-order valence-corrected chi connectivity index (χ4v) is 1.38. The third-order valence-corrected chi connectivity index (χ3v) is 1.94. The Kier molecular flexibility index (Phi) is 1.57. The van der Waals surface area contributed by atoms with E-state index in [0.29, 0.717) is 0 Å². The molecule has 0 aliphatic heterocycles. The molecule has 0 bridgehead atoms. The zero-order chi connectivity index (χ0) is 8.55. The van der Waals surface area contributed by atoms with Gasteiger partial charge in [-0.3, -0.25) is 0 Å². The van der Waals surface area contributed by atoms with Gasteiger partial charge in [0.05, 0.1) is 5.69 Å². The molecule has 3 nitrogen and oxygen atoms in total. The van der Waals surface area contributed by atoms with Crippen LogP contribution in [0.25, 0.3) is 5.65 Å². The minimum Gasteiger partial charge on any atom is -0.235 e. The molecule has 2 aromatic rings. The number of hydrogen-bond donors (Lipinski definition) is 0. The number of nitrogens with zero attached hydrogens (tertiary/aromatic N) is 3. The van der Waals surface area contributed by atoms with E-state index in [0.717, 1.165) is 17.8 Å². The molecule has 0 saturated heterocycles. The lowest BCUT2D eigenvalue weighted by molar-refractivity contribution is 0.882. The molecule has 0 saturated carbocycles. The Balaban J connectivity index is 2.80. The van der Waals surface area contributed by atoms with Crippen LogP contribution in [0, 0.1) is 6.92 Å². The topological polar surface area (TPSA) is 30.2 Å². The summed E-state index contributed by atoms with van der Waals surface area (Å²) >= 11 is 0. The van der Waals surface area contributed by atoms with E-state index in [4.69, 9.17) is 0 Å². The Labute approximate surface area is 71.1 Å². The zero-order valence-corrected chi connectivity index (χ0v) is 7.28. The molecule has 0 fully saturated rings. The lowest BCUT2D eigenvalue weighted by atomic mass is 10.2. The average molecular weight is 161 g/mol. The number of fused-ring (bicyclic) bond motifs is 1. The van der Waals surface area contributed by atoms with Crippen LogP contribution in [-0.2, 0) is 6.42 Å². The summed E-state index contributed by atoms with van der Waals surface area (Å²) in [5, 5.41) is 4.30. The molecule has 3 heteroatoms. The second kappa shape index (κ2) is 2.59. The smallest absolute Gasteiger partial charge is 0.156 e. The first-order chi connectivity index (χ1) is 5.81. The molecule has 0 N–H and O–H groups in total. The molecule has 0 radical (unpaired) electrons. The molecule has 0 unspecified atom stereocenters. The van der Waals surface area contributed by atoms with Gasteiger partial charge in [-0.15, -0.1) is 0 Å². The van der Waals surface area contributed by atoms with Crippen LogP contribution in [0.2, 0.25) is 0 Å². The van der Waals surface area contributed by atoms with Crippen molar-refractivity contribution in [1.29, 1.82) is 0 Å². The van der Waals surface area contributed by atoms with E-state index in [-0.39, 0.29) is 0 Å². The number of imidazole rings is 1. The number of rotatable bonds is 1. The van der Waals surface area contributed by atoms with E-state index in [2.05, 4.69) is 23.1 Å². The van der Waals surface area contributed by atoms with Gasteiger partial charge in [0.25, 0.3) is 0 Å². The van der Waals surface area contributed by atoms with Crippen LogP contribution in [0.15, 0.2) is 18.5 Å². The van der Waals surface area contributed by atoms with Crippen molar-refractivity contribution in [2.75, 3.05) is 0 Å². The van der Waals surface area contributed by atoms with Crippen molar-refractivity contribution >= 4 is 5.65 Å². The Morgan fingerprint density at radius 3 is 3.08 bits per heavy atom. The zero-order valence-electron chi connectivity index (χ0n) is 7.28. The van der Waals surface area contributed by atoms with Gasteiger partial charge in [-0.25, -0.2) is 9.50 Å². The molecule has 0 aliphatic carbocycles. The second-order valence-corrected chi connectivity index (χ2v) is 2.86. The van der Waals surface area contributed by atoms with E-state index in [1.807, 2.05) is 17.6 Å². The van der Waals surface area contributed by atoms with Crippen LogP contribution in [0.4, 0.5) is 0 Å².